The molecule has 2 N–H and O–H groups in total. The topological polar surface area (TPSA) is 63.4 Å². The van der Waals surface area contributed by atoms with Gasteiger partial charge in [0.15, 0.2) is 0 Å². The molecule has 0 amide bonds. The van der Waals surface area contributed by atoms with Crippen molar-refractivity contribution in [3.05, 3.63) is 0 Å². The van der Waals surface area contributed by atoms with Crippen molar-refractivity contribution >= 4 is 10.0 Å². The van der Waals surface area contributed by atoms with Gasteiger partial charge in [0, 0.05) is 13.1 Å². The minimum atomic E-state index is -3.06. The number of rotatable bonds is 6. The van der Waals surface area contributed by atoms with Crippen LogP contribution in [0.15, 0.2) is 0 Å². The molecule has 1 rings (SSSR count). The van der Waals surface area contributed by atoms with Crippen LogP contribution in [0.25, 0.3) is 0 Å². The molecule has 0 spiro atoms. The van der Waals surface area contributed by atoms with E-state index in [-0.39, 0.29) is 5.75 Å². The highest BCUT2D eigenvalue weighted by atomic mass is 32.2. The number of nitrogens with two attached hydrogens (primary N) is 1. The van der Waals surface area contributed by atoms with Crippen LogP contribution in [-0.2, 0) is 10.0 Å². The average molecular weight is 262 g/mol. The molecular weight excluding hydrogens is 236 g/mol. The van der Waals surface area contributed by atoms with Gasteiger partial charge < -0.3 is 5.73 Å². The van der Waals surface area contributed by atoms with Gasteiger partial charge >= 0.3 is 0 Å². The fourth-order valence-corrected chi connectivity index (χ4v) is 4.12. The molecule has 4 nitrogen and oxygen atoms in total. The number of nitrogens with zero attached hydrogens (tertiary/aromatic N) is 1. The van der Waals surface area contributed by atoms with Crippen LogP contribution in [-0.4, -0.2) is 38.1 Å². The van der Waals surface area contributed by atoms with Crippen molar-refractivity contribution in [2.24, 2.45) is 11.1 Å². The number of sulfonamides is 1. The Morgan fingerprint density at radius 1 is 1.18 bits per heavy atom. The molecular formula is C12H26N2O2S. The zero-order valence-electron chi connectivity index (χ0n) is 11.1. The summed E-state index contributed by atoms with van der Waals surface area (Å²) in [6.45, 7) is 6.24. The van der Waals surface area contributed by atoms with Crippen LogP contribution in [0.4, 0.5) is 0 Å². The molecule has 0 aromatic rings. The second-order valence-corrected chi connectivity index (χ2v) is 7.15. The number of hydrogen-bond donors (Lipinski definition) is 1. The molecule has 0 unspecified atom stereocenters. The smallest absolute Gasteiger partial charge is 0.214 e. The highest BCUT2D eigenvalue weighted by Crippen LogP contribution is 2.38. The first-order chi connectivity index (χ1) is 7.99. The quantitative estimate of drug-likeness (QED) is 0.790. The summed E-state index contributed by atoms with van der Waals surface area (Å²) in [5, 5.41) is 0. The van der Waals surface area contributed by atoms with Crippen LogP contribution in [0, 0.1) is 5.41 Å². The monoisotopic (exact) mass is 262 g/mol. The molecule has 5 heteroatoms. The van der Waals surface area contributed by atoms with Crippen LogP contribution < -0.4 is 5.73 Å². The van der Waals surface area contributed by atoms with E-state index in [4.69, 9.17) is 5.73 Å². The second-order valence-electron chi connectivity index (χ2n) is 5.06. The lowest BCUT2D eigenvalue weighted by Gasteiger charge is -2.40. The summed E-state index contributed by atoms with van der Waals surface area (Å²) >= 11 is 0. The summed E-state index contributed by atoms with van der Waals surface area (Å²) in [7, 11) is -3.06. The Hall–Kier alpha value is -0.130. The molecule has 1 heterocycles. The van der Waals surface area contributed by atoms with Crippen molar-refractivity contribution in [1.82, 2.24) is 4.31 Å². The molecule has 0 atom stereocenters. The van der Waals surface area contributed by atoms with E-state index >= 15 is 0 Å². The SMILES string of the molecule is CCC1(CC)CCN(S(=O)(=O)CCCN)CC1. The first-order valence-electron chi connectivity index (χ1n) is 6.67. The van der Waals surface area contributed by atoms with Gasteiger partial charge in [-0.3, -0.25) is 0 Å². The number of piperidine rings is 1. The zero-order chi connectivity index (χ0) is 12.9. The molecule has 0 aliphatic carbocycles. The molecule has 0 bridgehead atoms. The minimum Gasteiger partial charge on any atom is -0.330 e. The van der Waals surface area contributed by atoms with Gasteiger partial charge in [-0.25, -0.2) is 12.7 Å². The van der Waals surface area contributed by atoms with Gasteiger partial charge in [0.25, 0.3) is 0 Å². The third kappa shape index (κ3) is 3.66. The summed E-state index contributed by atoms with van der Waals surface area (Å²) in [6.07, 6.45) is 4.87. The standard InChI is InChI=1S/C12H26N2O2S/c1-3-12(4-2)6-9-14(10-7-12)17(15,16)11-5-8-13/h3-11,13H2,1-2H3. The van der Waals surface area contributed by atoms with Gasteiger partial charge in [0.1, 0.15) is 0 Å². The van der Waals surface area contributed by atoms with E-state index in [1.807, 2.05) is 0 Å². The molecule has 0 saturated carbocycles. The average Bonchev–Trinajstić information content (AvgIpc) is 2.36. The Balaban J connectivity index is 2.57. The summed E-state index contributed by atoms with van der Waals surface area (Å²) in [5.41, 5.74) is 5.74. The van der Waals surface area contributed by atoms with Crippen LogP contribution in [0.5, 0.6) is 0 Å². The van der Waals surface area contributed by atoms with E-state index in [0.29, 0.717) is 31.5 Å². The Kier molecular flexibility index (Phi) is 5.41. The fraction of sp³-hybridized carbons (Fsp3) is 1.00. The molecule has 0 aromatic heterocycles. The first kappa shape index (κ1) is 14.9. The normalized spacial score (nSPS) is 21.6. The summed E-state index contributed by atoms with van der Waals surface area (Å²) < 4.78 is 25.7. The Morgan fingerprint density at radius 2 is 1.71 bits per heavy atom. The lowest BCUT2D eigenvalue weighted by atomic mass is 9.75. The maximum atomic E-state index is 12.0. The molecule has 1 saturated heterocycles. The van der Waals surface area contributed by atoms with Gasteiger partial charge in [-0.1, -0.05) is 26.7 Å². The van der Waals surface area contributed by atoms with Crippen molar-refractivity contribution in [2.45, 2.75) is 46.0 Å². The van der Waals surface area contributed by atoms with Gasteiger partial charge in [0.2, 0.25) is 10.0 Å². The van der Waals surface area contributed by atoms with Crippen molar-refractivity contribution < 1.29 is 8.42 Å². The third-order valence-electron chi connectivity index (χ3n) is 4.28. The van der Waals surface area contributed by atoms with E-state index in [9.17, 15) is 8.42 Å². The fourth-order valence-electron chi connectivity index (χ4n) is 2.59. The molecule has 17 heavy (non-hydrogen) atoms. The van der Waals surface area contributed by atoms with Gasteiger partial charge in [-0.05, 0) is 31.2 Å². The van der Waals surface area contributed by atoms with Crippen molar-refractivity contribution in [2.75, 3.05) is 25.4 Å². The van der Waals surface area contributed by atoms with Gasteiger partial charge in [-0.15, -0.1) is 0 Å². The predicted octanol–water partition coefficient (Wildman–Crippen LogP) is 1.57. The minimum absolute atomic E-state index is 0.203. The van der Waals surface area contributed by atoms with Crippen LogP contribution in [0.2, 0.25) is 0 Å². The van der Waals surface area contributed by atoms with Crippen LogP contribution >= 0.6 is 0 Å². The maximum Gasteiger partial charge on any atom is 0.214 e. The number of hydrogen-bond acceptors (Lipinski definition) is 3. The molecule has 1 fully saturated rings. The third-order valence-corrected chi connectivity index (χ3v) is 6.24. The Morgan fingerprint density at radius 3 is 2.12 bits per heavy atom. The van der Waals surface area contributed by atoms with Crippen molar-refractivity contribution in [1.29, 1.82) is 0 Å². The van der Waals surface area contributed by atoms with Crippen molar-refractivity contribution in [3.8, 4) is 0 Å². The van der Waals surface area contributed by atoms with Crippen LogP contribution in [0.1, 0.15) is 46.0 Å². The summed E-state index contributed by atoms with van der Waals surface area (Å²) in [6, 6.07) is 0. The first-order valence-corrected chi connectivity index (χ1v) is 8.28. The second kappa shape index (κ2) is 6.16. The highest BCUT2D eigenvalue weighted by molar-refractivity contribution is 7.89. The molecule has 1 aliphatic rings. The van der Waals surface area contributed by atoms with E-state index < -0.39 is 10.0 Å². The Labute approximate surface area is 106 Å². The molecule has 1 aliphatic heterocycles. The lowest BCUT2D eigenvalue weighted by molar-refractivity contribution is 0.141. The van der Waals surface area contributed by atoms with Gasteiger partial charge in [-0.2, -0.15) is 0 Å². The van der Waals surface area contributed by atoms with Crippen LogP contribution in [0.3, 0.4) is 0 Å². The molecule has 0 aromatic carbocycles. The van der Waals surface area contributed by atoms with E-state index in [0.717, 1.165) is 25.7 Å². The summed E-state index contributed by atoms with van der Waals surface area (Å²) in [4.78, 5) is 0. The Bertz CT molecular complexity index is 313. The largest absolute Gasteiger partial charge is 0.330 e. The van der Waals surface area contributed by atoms with E-state index in [2.05, 4.69) is 13.8 Å². The molecule has 102 valence electrons. The lowest BCUT2D eigenvalue weighted by Crippen LogP contribution is -2.43. The van der Waals surface area contributed by atoms with E-state index in [1.165, 1.54) is 0 Å². The highest BCUT2D eigenvalue weighted by Gasteiger charge is 2.35. The van der Waals surface area contributed by atoms with E-state index in [1.54, 1.807) is 4.31 Å². The molecule has 0 radical (unpaired) electrons. The zero-order valence-corrected chi connectivity index (χ0v) is 11.9. The predicted molar refractivity (Wildman–Crippen MR) is 71.3 cm³/mol. The van der Waals surface area contributed by atoms with Crippen molar-refractivity contribution in [3.63, 3.8) is 0 Å². The summed E-state index contributed by atoms with van der Waals surface area (Å²) in [5.74, 6) is 0.203. The van der Waals surface area contributed by atoms with Gasteiger partial charge in [0.05, 0.1) is 5.75 Å². The maximum absolute atomic E-state index is 12.0.